The van der Waals surface area contributed by atoms with E-state index in [4.69, 9.17) is 9.15 Å². The van der Waals surface area contributed by atoms with Gasteiger partial charge in [0.25, 0.3) is 0 Å². The molecule has 1 aromatic heterocycles. The van der Waals surface area contributed by atoms with Gasteiger partial charge in [-0.15, -0.1) is 0 Å². The van der Waals surface area contributed by atoms with Gasteiger partial charge < -0.3 is 19.0 Å². The van der Waals surface area contributed by atoms with Gasteiger partial charge in [0.2, 0.25) is 0 Å². The largest absolute Gasteiger partial charge is 0.455 e. The van der Waals surface area contributed by atoms with Crippen molar-refractivity contribution in [2.24, 2.45) is 0 Å². The lowest BCUT2D eigenvalue weighted by Gasteiger charge is -2.31. The van der Waals surface area contributed by atoms with Crippen molar-refractivity contribution in [2.75, 3.05) is 9.80 Å². The average molecular weight is 937 g/mol. The maximum atomic E-state index is 7.08. The number of nitrogens with zero attached hydrogens (tertiary/aromatic N) is 2. The number of rotatable bonds is 12. The van der Waals surface area contributed by atoms with Gasteiger partial charge in [0.1, 0.15) is 11.3 Å². The fourth-order valence-corrected chi connectivity index (χ4v) is 10.5. The molecule has 71 heavy (non-hydrogen) atoms. The number of furan rings is 1. The molecule has 0 radical (unpaired) electrons. The number of fused-ring (bicyclic) bond motifs is 3. The van der Waals surface area contributed by atoms with Crippen molar-refractivity contribution in [1.29, 1.82) is 0 Å². The molecule has 0 aliphatic carbocycles. The number of anilines is 5. The quantitative estimate of drug-likeness (QED) is 0.0901. The van der Waals surface area contributed by atoms with Gasteiger partial charge in [-0.05, 0) is 151 Å². The molecule has 0 aliphatic heterocycles. The first kappa shape index (κ1) is 50.1. The lowest BCUT2D eigenvalue weighted by molar-refractivity contribution is 0.470. The third-order valence-electron chi connectivity index (χ3n) is 13.5. The van der Waals surface area contributed by atoms with Crippen molar-refractivity contribution >= 4 is 82.7 Å². The minimum absolute atomic E-state index is 0.305. The molecule has 4 nitrogen and oxygen atoms in total. The molecule has 1 heterocycles. The van der Waals surface area contributed by atoms with Gasteiger partial charge in [0.15, 0.2) is 11.3 Å². The van der Waals surface area contributed by atoms with Crippen molar-refractivity contribution in [3.05, 3.63) is 197 Å². The smallest absolute Gasteiger partial charge is 0.159 e. The third-order valence-corrected chi connectivity index (χ3v) is 13.5. The van der Waals surface area contributed by atoms with E-state index in [1.807, 2.05) is 27.7 Å². The molecule has 0 N–H and O–H groups in total. The molecule has 0 fully saturated rings. The Labute approximate surface area is 423 Å². The first-order chi connectivity index (χ1) is 34.4. The summed E-state index contributed by atoms with van der Waals surface area (Å²) in [4.78, 5) is 4.83. The number of hydrogen-bond acceptors (Lipinski definition) is 4. The molecule has 9 aromatic carbocycles. The first-order valence-electron chi connectivity index (χ1n) is 26.0. The van der Waals surface area contributed by atoms with Crippen molar-refractivity contribution in [1.82, 2.24) is 0 Å². The molecule has 0 saturated heterocycles. The zero-order chi connectivity index (χ0) is 50.7. The lowest BCUT2D eigenvalue weighted by Crippen LogP contribution is -2.16. The summed E-state index contributed by atoms with van der Waals surface area (Å²) >= 11 is 0. The van der Waals surface area contributed by atoms with E-state index in [2.05, 4.69) is 237 Å². The highest BCUT2D eigenvalue weighted by molar-refractivity contribution is 6.28. The minimum Gasteiger partial charge on any atom is -0.455 e. The fraction of sp³-hybridized carbons (Fsp3) is 0.254. The van der Waals surface area contributed by atoms with E-state index in [0.29, 0.717) is 11.8 Å². The monoisotopic (exact) mass is 937 g/mol. The number of hydrogen-bond donors (Lipinski definition) is 0. The third kappa shape index (κ3) is 9.41. The number of allylic oxidation sites excluding steroid dienone is 4. The SMILES string of the molecule is CC.CC.CC/C=C(C)\C=C(/C)N(c1ccccc1Oc1c(C)cccc1C(C)C)c1ccc2ccc3c(N(c4cc(C)cc(C)c4)c4cccc5c4oc4c(C(C)C)cccc45)ccc4ccc1c2c43. The number of benzene rings is 9. The maximum Gasteiger partial charge on any atom is 0.159 e. The highest BCUT2D eigenvalue weighted by atomic mass is 16.5. The van der Waals surface area contributed by atoms with E-state index in [9.17, 15) is 0 Å². The Bertz CT molecular complexity index is 3550. The summed E-state index contributed by atoms with van der Waals surface area (Å²) in [6, 6.07) is 53.4. The van der Waals surface area contributed by atoms with Crippen LogP contribution < -0.4 is 14.5 Å². The number of ether oxygens (including phenoxy) is 1. The molecule has 4 heteroatoms. The zero-order valence-electron chi connectivity index (χ0n) is 44.6. The van der Waals surface area contributed by atoms with Crippen LogP contribution in [0.5, 0.6) is 11.5 Å². The molecule has 0 unspecified atom stereocenters. The van der Waals surface area contributed by atoms with E-state index in [1.54, 1.807) is 0 Å². The Kier molecular flexibility index (Phi) is 15.1. The van der Waals surface area contributed by atoms with Crippen LogP contribution in [0.4, 0.5) is 28.4 Å². The van der Waals surface area contributed by atoms with Crippen LogP contribution in [-0.4, -0.2) is 0 Å². The van der Waals surface area contributed by atoms with Gasteiger partial charge in [-0.3, -0.25) is 0 Å². The fourth-order valence-electron chi connectivity index (χ4n) is 10.5. The van der Waals surface area contributed by atoms with Gasteiger partial charge in [-0.1, -0.05) is 177 Å². The summed E-state index contributed by atoms with van der Waals surface area (Å²) in [6.45, 7) is 30.1. The molecule has 10 aromatic rings. The molecule has 0 amide bonds. The standard InChI is InChI=1S/C63H60N2O2.2C2H6/c1-11-17-40(6)35-44(10)64(56-23-12-13-25-58(56)66-61-43(9)18-14-19-48(61)38(2)3)54-32-28-45-27-31-53-55(33-29-46-26-30-52(54)59(45)60(46)53)65(47-36-41(7)34-42(8)37-47)57-24-16-22-51-50-21-15-20-49(39(4)5)62(50)67-63(51)57;2*1-2/h12-39H,11H2,1-10H3;2*1-2H3/b40-17-,44-35+;;. The number of aryl methyl sites for hydroxylation is 3. The summed E-state index contributed by atoms with van der Waals surface area (Å²) in [5.41, 5.74) is 15.4. The topological polar surface area (TPSA) is 28.9 Å². The molecule has 0 saturated carbocycles. The second kappa shape index (κ2) is 21.4. The summed E-state index contributed by atoms with van der Waals surface area (Å²) in [5.74, 6) is 2.35. The van der Waals surface area contributed by atoms with Crippen LogP contribution in [0.1, 0.15) is 122 Å². The Morgan fingerprint density at radius 3 is 1.75 bits per heavy atom. The zero-order valence-corrected chi connectivity index (χ0v) is 44.6. The first-order valence-corrected chi connectivity index (χ1v) is 26.0. The van der Waals surface area contributed by atoms with E-state index in [1.165, 1.54) is 60.1 Å². The maximum absolute atomic E-state index is 7.08. The van der Waals surface area contributed by atoms with Crippen molar-refractivity contribution in [3.8, 4) is 11.5 Å². The second-order valence-corrected chi connectivity index (χ2v) is 19.1. The molecule has 0 atom stereocenters. The van der Waals surface area contributed by atoms with Crippen LogP contribution in [0, 0.1) is 20.8 Å². The van der Waals surface area contributed by atoms with Crippen LogP contribution in [0.25, 0.3) is 54.3 Å². The Morgan fingerprint density at radius 1 is 0.549 bits per heavy atom. The minimum atomic E-state index is 0.305. The summed E-state index contributed by atoms with van der Waals surface area (Å²) in [6.07, 6.45) is 5.55. The van der Waals surface area contributed by atoms with E-state index in [0.717, 1.165) is 79.6 Å². The van der Waals surface area contributed by atoms with Crippen LogP contribution >= 0.6 is 0 Å². The Balaban J connectivity index is 0.00000165. The molecular weight excluding hydrogens is 865 g/mol. The van der Waals surface area contributed by atoms with E-state index < -0.39 is 0 Å². The molecule has 362 valence electrons. The Morgan fingerprint density at radius 2 is 1.10 bits per heavy atom. The normalized spacial score (nSPS) is 12.0. The van der Waals surface area contributed by atoms with E-state index in [-0.39, 0.29) is 0 Å². The number of para-hydroxylation sites is 5. The predicted molar refractivity (Wildman–Crippen MR) is 310 cm³/mol. The van der Waals surface area contributed by atoms with Crippen LogP contribution in [0.3, 0.4) is 0 Å². The predicted octanol–water partition coefficient (Wildman–Crippen LogP) is 21.4. The summed E-state index contributed by atoms with van der Waals surface area (Å²) in [7, 11) is 0. The van der Waals surface area contributed by atoms with Crippen LogP contribution in [0.2, 0.25) is 0 Å². The van der Waals surface area contributed by atoms with Crippen molar-refractivity contribution in [3.63, 3.8) is 0 Å². The lowest BCUT2D eigenvalue weighted by atomic mass is 9.91. The summed E-state index contributed by atoms with van der Waals surface area (Å²) < 4.78 is 14.1. The molecular formula is C67H72N2O2. The van der Waals surface area contributed by atoms with E-state index >= 15 is 0 Å². The molecule has 0 aliphatic rings. The van der Waals surface area contributed by atoms with Crippen molar-refractivity contribution < 1.29 is 9.15 Å². The molecule has 10 rings (SSSR count). The highest BCUT2D eigenvalue weighted by Gasteiger charge is 2.26. The Hall–Kier alpha value is -7.30. The van der Waals surface area contributed by atoms with Crippen LogP contribution in [-0.2, 0) is 0 Å². The summed E-state index contributed by atoms with van der Waals surface area (Å²) in [5, 5.41) is 9.47. The van der Waals surface area contributed by atoms with Crippen molar-refractivity contribution in [2.45, 2.75) is 115 Å². The molecule has 0 bridgehead atoms. The van der Waals surface area contributed by atoms with Gasteiger partial charge in [0.05, 0.1) is 22.7 Å². The average Bonchev–Trinajstić information content (AvgIpc) is 3.76. The van der Waals surface area contributed by atoms with Gasteiger partial charge in [0, 0.05) is 32.9 Å². The van der Waals surface area contributed by atoms with Gasteiger partial charge in [-0.2, -0.15) is 0 Å². The van der Waals surface area contributed by atoms with Crippen LogP contribution in [0.15, 0.2) is 173 Å². The van der Waals surface area contributed by atoms with Gasteiger partial charge in [-0.25, -0.2) is 0 Å². The van der Waals surface area contributed by atoms with Gasteiger partial charge >= 0.3 is 0 Å². The second-order valence-electron chi connectivity index (χ2n) is 19.1. The highest BCUT2D eigenvalue weighted by Crippen LogP contribution is 2.50. The molecule has 0 spiro atoms.